The molecule has 0 N–H and O–H groups in total. The van der Waals surface area contributed by atoms with E-state index in [1.165, 1.54) is 7.11 Å². The van der Waals surface area contributed by atoms with Crippen molar-refractivity contribution in [3.05, 3.63) is 72.2 Å². The van der Waals surface area contributed by atoms with Gasteiger partial charge in [0.05, 0.1) is 31.9 Å². The second-order valence-electron chi connectivity index (χ2n) is 6.57. The molecule has 1 unspecified atom stereocenters. The second kappa shape index (κ2) is 7.79. The maximum Gasteiger partial charge on any atom is 0.360 e. The third-order valence-electron chi connectivity index (χ3n) is 4.93. The van der Waals surface area contributed by atoms with Crippen molar-refractivity contribution in [1.29, 1.82) is 0 Å². The number of para-hydroxylation sites is 2. The van der Waals surface area contributed by atoms with Gasteiger partial charge in [0.25, 0.3) is 0 Å². The van der Waals surface area contributed by atoms with Crippen molar-refractivity contribution in [3.8, 4) is 5.69 Å². The third-order valence-corrected chi connectivity index (χ3v) is 4.93. The number of anilines is 2. The predicted octanol–water partition coefficient (Wildman–Crippen LogP) is 3.80. The highest BCUT2D eigenvalue weighted by atomic mass is 16.5. The van der Waals surface area contributed by atoms with E-state index in [2.05, 4.69) is 4.98 Å². The van der Waals surface area contributed by atoms with E-state index in [4.69, 9.17) is 9.47 Å². The first-order valence-electron chi connectivity index (χ1n) is 9.40. The summed E-state index contributed by atoms with van der Waals surface area (Å²) in [5, 5.41) is 0. The molecule has 0 amide bonds. The van der Waals surface area contributed by atoms with Gasteiger partial charge < -0.3 is 14.4 Å². The summed E-state index contributed by atoms with van der Waals surface area (Å²) in [5.41, 5.74) is 2.86. The molecule has 0 saturated heterocycles. The highest BCUT2D eigenvalue weighted by Gasteiger charge is 2.38. The van der Waals surface area contributed by atoms with Crippen molar-refractivity contribution in [2.24, 2.45) is 0 Å². The smallest absolute Gasteiger partial charge is 0.360 e. The fraction of sp³-hybridized carbons (Fsp3) is 0.227. The molecule has 29 heavy (non-hydrogen) atoms. The van der Waals surface area contributed by atoms with Crippen LogP contribution in [-0.4, -0.2) is 35.2 Å². The number of benzene rings is 2. The molecular weight excluding hydrogens is 370 g/mol. The number of hydrogen-bond donors (Lipinski definition) is 0. The average molecular weight is 391 g/mol. The zero-order chi connectivity index (χ0) is 20.4. The first kappa shape index (κ1) is 18.7. The average Bonchev–Trinajstić information content (AvgIpc) is 3.19. The lowest BCUT2D eigenvalue weighted by atomic mass is 9.96. The number of nitrogens with zero attached hydrogens (tertiary/aromatic N) is 3. The van der Waals surface area contributed by atoms with Crippen LogP contribution >= 0.6 is 0 Å². The van der Waals surface area contributed by atoms with Crippen LogP contribution in [-0.2, 0) is 14.3 Å². The van der Waals surface area contributed by atoms with E-state index in [1.807, 2.05) is 64.1 Å². The van der Waals surface area contributed by atoms with Crippen LogP contribution in [0.25, 0.3) is 5.69 Å². The number of esters is 2. The van der Waals surface area contributed by atoms with Gasteiger partial charge in [-0.25, -0.2) is 9.78 Å². The van der Waals surface area contributed by atoms with Gasteiger partial charge in [-0.2, -0.15) is 0 Å². The molecule has 2 heterocycles. The van der Waals surface area contributed by atoms with E-state index in [-0.39, 0.29) is 30.7 Å². The molecule has 0 saturated carbocycles. The van der Waals surface area contributed by atoms with Crippen LogP contribution in [0.4, 0.5) is 11.5 Å². The Kier molecular flexibility index (Phi) is 5.03. The summed E-state index contributed by atoms with van der Waals surface area (Å²) in [7, 11) is 1.37. The number of methoxy groups -OCH3 is 1. The summed E-state index contributed by atoms with van der Waals surface area (Å²) in [6, 6.07) is 17.0. The topological polar surface area (TPSA) is 73.7 Å². The molecule has 1 aromatic heterocycles. The number of aromatic nitrogens is 2. The van der Waals surface area contributed by atoms with Crippen LogP contribution in [0.2, 0.25) is 0 Å². The van der Waals surface area contributed by atoms with E-state index >= 15 is 0 Å². The van der Waals surface area contributed by atoms with E-state index in [1.54, 1.807) is 13.3 Å². The molecule has 7 heteroatoms. The second-order valence-corrected chi connectivity index (χ2v) is 6.57. The van der Waals surface area contributed by atoms with Crippen molar-refractivity contribution in [3.63, 3.8) is 0 Å². The highest BCUT2D eigenvalue weighted by Crippen LogP contribution is 2.45. The van der Waals surface area contributed by atoms with Crippen molar-refractivity contribution in [2.45, 2.75) is 19.4 Å². The minimum absolute atomic E-state index is 0.121. The molecule has 1 aliphatic heterocycles. The normalized spacial score (nSPS) is 14.7. The zero-order valence-electron chi connectivity index (χ0n) is 16.2. The van der Waals surface area contributed by atoms with Crippen LogP contribution < -0.4 is 4.90 Å². The number of fused-ring (bicyclic) bond motifs is 3. The number of carbonyl (C=O) groups excluding carboxylic acids is 2. The number of hydrogen-bond acceptors (Lipinski definition) is 6. The molecule has 0 spiro atoms. The van der Waals surface area contributed by atoms with Crippen LogP contribution in [0.15, 0.2) is 60.9 Å². The Labute approximate surface area is 168 Å². The number of carbonyl (C=O) groups is 2. The first-order chi connectivity index (χ1) is 14.2. The molecule has 0 fully saturated rings. The monoisotopic (exact) mass is 391 g/mol. The van der Waals surface area contributed by atoms with Gasteiger partial charge in [-0.3, -0.25) is 9.36 Å². The molecule has 7 nitrogen and oxygen atoms in total. The van der Waals surface area contributed by atoms with Crippen molar-refractivity contribution < 1.29 is 19.1 Å². The van der Waals surface area contributed by atoms with Crippen LogP contribution in [0, 0.1) is 0 Å². The van der Waals surface area contributed by atoms with E-state index in [0.29, 0.717) is 5.82 Å². The largest absolute Gasteiger partial charge is 0.469 e. The highest BCUT2D eigenvalue weighted by molar-refractivity contribution is 5.95. The molecule has 2 aromatic carbocycles. The fourth-order valence-electron chi connectivity index (χ4n) is 3.70. The van der Waals surface area contributed by atoms with Crippen LogP contribution in [0.1, 0.15) is 35.4 Å². The van der Waals surface area contributed by atoms with Gasteiger partial charge in [0.2, 0.25) is 0 Å². The van der Waals surface area contributed by atoms with Crippen molar-refractivity contribution >= 4 is 23.4 Å². The van der Waals surface area contributed by atoms with Crippen LogP contribution in [0.5, 0.6) is 0 Å². The zero-order valence-corrected chi connectivity index (χ0v) is 16.2. The van der Waals surface area contributed by atoms with Gasteiger partial charge in [0.1, 0.15) is 6.33 Å². The SMILES string of the molecule is CCOC(=O)c1ncn2c1N(c1ccccc1)C(CC(=O)OC)c1ccccc1-2. The quantitative estimate of drug-likeness (QED) is 0.616. The fourth-order valence-corrected chi connectivity index (χ4v) is 3.70. The number of imidazole rings is 1. The molecule has 1 atom stereocenters. The molecule has 0 aliphatic carbocycles. The Hall–Kier alpha value is -3.61. The van der Waals surface area contributed by atoms with E-state index in [0.717, 1.165) is 16.9 Å². The number of ether oxygens (including phenoxy) is 2. The summed E-state index contributed by atoms with van der Waals surface area (Å²) < 4.78 is 12.1. The maximum atomic E-state index is 12.6. The Bertz CT molecular complexity index is 1050. The Morgan fingerprint density at radius 3 is 2.52 bits per heavy atom. The lowest BCUT2D eigenvalue weighted by Crippen LogP contribution is -2.33. The van der Waals surface area contributed by atoms with Gasteiger partial charge in [-0.1, -0.05) is 36.4 Å². The summed E-state index contributed by atoms with van der Waals surface area (Å²) in [6.07, 6.45) is 1.74. The van der Waals surface area contributed by atoms with Crippen LogP contribution in [0.3, 0.4) is 0 Å². The van der Waals surface area contributed by atoms with Crippen molar-refractivity contribution in [1.82, 2.24) is 9.55 Å². The minimum atomic E-state index is -0.501. The Balaban J connectivity index is 1.97. The van der Waals surface area contributed by atoms with Gasteiger partial charge in [0.15, 0.2) is 11.5 Å². The molecule has 3 aromatic rings. The minimum Gasteiger partial charge on any atom is -0.469 e. The first-order valence-corrected chi connectivity index (χ1v) is 9.40. The summed E-state index contributed by atoms with van der Waals surface area (Å²) in [5.74, 6) is -0.267. The van der Waals surface area contributed by atoms with Gasteiger partial charge in [0, 0.05) is 5.69 Å². The molecule has 0 radical (unpaired) electrons. The number of rotatable bonds is 5. The molecule has 148 valence electrons. The summed E-state index contributed by atoms with van der Waals surface area (Å²) >= 11 is 0. The Morgan fingerprint density at radius 2 is 1.79 bits per heavy atom. The molecule has 1 aliphatic rings. The molecular formula is C22H21N3O4. The van der Waals surface area contributed by atoms with Gasteiger partial charge in [-0.15, -0.1) is 0 Å². The summed E-state index contributed by atoms with van der Waals surface area (Å²) in [4.78, 5) is 31.2. The molecule has 0 bridgehead atoms. The predicted molar refractivity (Wildman–Crippen MR) is 107 cm³/mol. The lowest BCUT2D eigenvalue weighted by Gasteiger charge is -2.39. The standard InChI is InChI=1S/C22H21N3O4/c1-3-29-22(27)20-21-24(14-23-20)17-12-8-7-11-16(17)18(13-19(26)28-2)25(21)15-9-5-4-6-10-15/h4-12,14,18H,3,13H2,1-2H3. The lowest BCUT2D eigenvalue weighted by molar-refractivity contribution is -0.141. The molecule has 4 rings (SSSR count). The Morgan fingerprint density at radius 1 is 1.07 bits per heavy atom. The maximum absolute atomic E-state index is 12.6. The van der Waals surface area contributed by atoms with Crippen molar-refractivity contribution in [2.75, 3.05) is 18.6 Å². The third kappa shape index (κ3) is 3.24. The van der Waals surface area contributed by atoms with E-state index in [9.17, 15) is 9.59 Å². The summed E-state index contributed by atoms with van der Waals surface area (Å²) in [6.45, 7) is 2.00. The van der Waals surface area contributed by atoms with E-state index < -0.39 is 5.97 Å². The van der Waals surface area contributed by atoms with Gasteiger partial charge >= 0.3 is 11.9 Å². The van der Waals surface area contributed by atoms with Gasteiger partial charge in [-0.05, 0) is 30.7 Å².